The Morgan fingerprint density at radius 3 is 2.39 bits per heavy atom. The van der Waals surface area contributed by atoms with Crippen LogP contribution in [0, 0.1) is 0 Å². The molecule has 1 saturated carbocycles. The first-order valence-corrected chi connectivity index (χ1v) is 12.9. The highest BCUT2D eigenvalue weighted by Gasteiger charge is 2.27. The van der Waals surface area contributed by atoms with E-state index in [4.69, 9.17) is 4.74 Å². The Morgan fingerprint density at radius 2 is 1.82 bits per heavy atom. The summed E-state index contributed by atoms with van der Waals surface area (Å²) in [4.78, 5) is 12.9. The van der Waals surface area contributed by atoms with Crippen molar-refractivity contribution < 1.29 is 17.9 Å². The third-order valence-electron chi connectivity index (χ3n) is 4.87. The minimum absolute atomic E-state index is 0.132. The van der Waals surface area contributed by atoms with E-state index in [0.29, 0.717) is 24.5 Å². The molecule has 1 aromatic rings. The molecule has 158 valence electrons. The summed E-state index contributed by atoms with van der Waals surface area (Å²) in [6.45, 7) is 2.39. The number of hydrogen-bond acceptors (Lipinski definition) is 5. The van der Waals surface area contributed by atoms with Crippen molar-refractivity contribution in [3.8, 4) is 5.75 Å². The molecule has 1 aliphatic carbocycles. The summed E-state index contributed by atoms with van der Waals surface area (Å²) in [5.41, 5.74) is 0. The van der Waals surface area contributed by atoms with Gasteiger partial charge in [0.05, 0.1) is 11.5 Å². The first-order valence-electron chi connectivity index (χ1n) is 10.0. The number of amides is 1. The van der Waals surface area contributed by atoms with E-state index < -0.39 is 16.1 Å². The Hall–Kier alpha value is -1.25. The number of hydrogen-bond donors (Lipinski definition) is 2. The average molecular weight is 429 g/mol. The number of nitrogens with one attached hydrogen (secondary N) is 2. The monoisotopic (exact) mass is 428 g/mol. The van der Waals surface area contributed by atoms with E-state index in [0.717, 1.165) is 25.7 Å². The molecular formula is C20H32N2O4S2. The molecule has 1 aromatic carbocycles. The van der Waals surface area contributed by atoms with E-state index in [-0.39, 0.29) is 16.8 Å². The number of carbonyl (C=O) groups is 1. The Bertz CT molecular complexity index is 699. The number of carbonyl (C=O) groups excluding carboxylic acids is 1. The molecular weight excluding hydrogens is 396 g/mol. The number of ether oxygens (including phenoxy) is 1. The number of thioether (sulfide) groups is 1. The van der Waals surface area contributed by atoms with Crippen LogP contribution in [0.3, 0.4) is 0 Å². The molecule has 2 N–H and O–H groups in total. The molecule has 28 heavy (non-hydrogen) atoms. The normalized spacial score (nSPS) is 16.9. The molecule has 0 radical (unpaired) electrons. The molecule has 1 atom stereocenters. The molecule has 1 fully saturated rings. The van der Waals surface area contributed by atoms with Gasteiger partial charge in [-0.05, 0) is 62.5 Å². The number of benzene rings is 1. The van der Waals surface area contributed by atoms with Crippen molar-refractivity contribution in [1.82, 2.24) is 10.0 Å². The van der Waals surface area contributed by atoms with Crippen LogP contribution in [0.1, 0.15) is 51.9 Å². The molecule has 0 aliphatic heterocycles. The maximum atomic E-state index is 12.8. The lowest BCUT2D eigenvalue weighted by molar-refractivity contribution is -0.123. The fourth-order valence-electron chi connectivity index (χ4n) is 3.34. The fraction of sp³-hybridized carbons (Fsp3) is 0.650. The largest absolute Gasteiger partial charge is 0.494 e. The standard InChI is InChI=1S/C20H32N2O4S2/c1-3-26-17-10-12-18(13-11-17)28(24,25)22-19(14-15-27-2)20(23)21-16-8-6-4-5-7-9-16/h10-13,16,19,22H,3-9,14-15H2,1-2H3,(H,21,23)/t19-/m1/s1. The van der Waals surface area contributed by atoms with Crippen LogP contribution in [-0.2, 0) is 14.8 Å². The highest BCUT2D eigenvalue weighted by Crippen LogP contribution is 2.19. The number of sulfonamides is 1. The lowest BCUT2D eigenvalue weighted by Crippen LogP contribution is -2.49. The molecule has 8 heteroatoms. The van der Waals surface area contributed by atoms with Crippen molar-refractivity contribution in [3.63, 3.8) is 0 Å². The molecule has 0 bridgehead atoms. The SMILES string of the molecule is CCOc1ccc(S(=O)(=O)N[C@H](CCSC)C(=O)NC2CCCCCC2)cc1. The van der Waals surface area contributed by atoms with Gasteiger partial charge in [-0.2, -0.15) is 16.5 Å². The second kappa shape index (κ2) is 11.7. The highest BCUT2D eigenvalue weighted by atomic mass is 32.2. The van der Waals surface area contributed by atoms with Crippen LogP contribution in [0.4, 0.5) is 0 Å². The van der Waals surface area contributed by atoms with Crippen molar-refractivity contribution in [3.05, 3.63) is 24.3 Å². The Balaban J connectivity index is 2.06. The smallest absolute Gasteiger partial charge is 0.241 e. The molecule has 1 aliphatic rings. The molecule has 0 heterocycles. The second-order valence-corrected chi connectivity index (χ2v) is 9.76. The van der Waals surface area contributed by atoms with Crippen LogP contribution < -0.4 is 14.8 Å². The Morgan fingerprint density at radius 1 is 1.18 bits per heavy atom. The summed E-state index contributed by atoms with van der Waals surface area (Å²) in [7, 11) is -3.79. The van der Waals surface area contributed by atoms with Gasteiger partial charge >= 0.3 is 0 Å². The van der Waals surface area contributed by atoms with E-state index in [9.17, 15) is 13.2 Å². The van der Waals surface area contributed by atoms with Gasteiger partial charge in [-0.15, -0.1) is 0 Å². The molecule has 0 saturated heterocycles. The molecule has 0 spiro atoms. The maximum Gasteiger partial charge on any atom is 0.241 e. The van der Waals surface area contributed by atoms with Gasteiger partial charge in [-0.25, -0.2) is 8.42 Å². The van der Waals surface area contributed by atoms with Crippen molar-refractivity contribution in [1.29, 1.82) is 0 Å². The lowest BCUT2D eigenvalue weighted by atomic mass is 10.1. The van der Waals surface area contributed by atoms with Gasteiger partial charge in [-0.1, -0.05) is 25.7 Å². The second-order valence-electron chi connectivity index (χ2n) is 7.06. The Kier molecular flexibility index (Phi) is 9.61. The van der Waals surface area contributed by atoms with Gasteiger partial charge in [0.2, 0.25) is 15.9 Å². The summed E-state index contributed by atoms with van der Waals surface area (Å²) in [5, 5.41) is 3.07. The molecule has 2 rings (SSSR count). The molecule has 0 unspecified atom stereocenters. The third-order valence-corrected chi connectivity index (χ3v) is 7.00. The van der Waals surface area contributed by atoms with Crippen molar-refractivity contribution in [2.24, 2.45) is 0 Å². The zero-order valence-electron chi connectivity index (χ0n) is 16.8. The van der Waals surface area contributed by atoms with Crippen LogP contribution in [0.5, 0.6) is 5.75 Å². The average Bonchev–Trinajstić information content (AvgIpc) is 2.94. The third kappa shape index (κ3) is 7.29. The van der Waals surface area contributed by atoms with Gasteiger partial charge in [-0.3, -0.25) is 4.79 Å². The van der Waals surface area contributed by atoms with Gasteiger partial charge in [0.25, 0.3) is 0 Å². The van der Waals surface area contributed by atoms with Crippen molar-refractivity contribution in [2.75, 3.05) is 18.6 Å². The summed E-state index contributed by atoms with van der Waals surface area (Å²) in [5.74, 6) is 1.09. The van der Waals surface area contributed by atoms with Crippen LogP contribution in [0.15, 0.2) is 29.2 Å². The minimum Gasteiger partial charge on any atom is -0.494 e. The zero-order chi connectivity index (χ0) is 20.4. The van der Waals surface area contributed by atoms with Crippen LogP contribution in [0.25, 0.3) is 0 Å². The van der Waals surface area contributed by atoms with Crippen molar-refractivity contribution in [2.45, 2.75) is 68.8 Å². The van der Waals surface area contributed by atoms with Gasteiger partial charge in [0, 0.05) is 6.04 Å². The minimum atomic E-state index is -3.79. The maximum absolute atomic E-state index is 12.8. The van der Waals surface area contributed by atoms with E-state index in [2.05, 4.69) is 10.0 Å². The topological polar surface area (TPSA) is 84.5 Å². The Labute approximate surface area is 173 Å². The zero-order valence-corrected chi connectivity index (χ0v) is 18.4. The van der Waals surface area contributed by atoms with Gasteiger partial charge in [0.15, 0.2) is 0 Å². The summed E-state index contributed by atoms with van der Waals surface area (Å²) >= 11 is 1.59. The molecule has 0 aromatic heterocycles. The van der Waals surface area contributed by atoms with Crippen LogP contribution in [0.2, 0.25) is 0 Å². The van der Waals surface area contributed by atoms with E-state index >= 15 is 0 Å². The van der Waals surface area contributed by atoms with E-state index in [1.54, 1.807) is 23.9 Å². The predicted octanol–water partition coefficient (Wildman–Crippen LogP) is 3.32. The first-order chi connectivity index (χ1) is 13.5. The van der Waals surface area contributed by atoms with E-state index in [1.807, 2.05) is 13.2 Å². The summed E-state index contributed by atoms with van der Waals surface area (Å²) in [6, 6.07) is 5.62. The molecule has 6 nitrogen and oxygen atoms in total. The fourth-order valence-corrected chi connectivity index (χ4v) is 5.04. The van der Waals surface area contributed by atoms with E-state index in [1.165, 1.54) is 25.0 Å². The number of rotatable bonds is 10. The summed E-state index contributed by atoms with van der Waals surface area (Å²) < 4.78 is 33.5. The molecule has 1 amide bonds. The van der Waals surface area contributed by atoms with Gasteiger partial charge < -0.3 is 10.1 Å². The highest BCUT2D eigenvalue weighted by molar-refractivity contribution is 7.98. The summed E-state index contributed by atoms with van der Waals surface area (Å²) in [6.07, 6.45) is 8.95. The van der Waals surface area contributed by atoms with Crippen molar-refractivity contribution >= 4 is 27.7 Å². The lowest BCUT2D eigenvalue weighted by Gasteiger charge is -2.22. The first kappa shape index (κ1) is 23.0. The quantitative estimate of drug-likeness (QED) is 0.559. The van der Waals surface area contributed by atoms with Crippen LogP contribution >= 0.6 is 11.8 Å². The van der Waals surface area contributed by atoms with Gasteiger partial charge in [0.1, 0.15) is 11.8 Å². The van der Waals surface area contributed by atoms with Crippen LogP contribution in [-0.4, -0.2) is 45.0 Å². The predicted molar refractivity (Wildman–Crippen MR) is 114 cm³/mol.